The lowest BCUT2D eigenvalue weighted by molar-refractivity contribution is -0.139. The van der Waals surface area contributed by atoms with E-state index >= 15 is 0 Å². The van der Waals surface area contributed by atoms with E-state index in [0.29, 0.717) is 16.4 Å². The molecule has 0 radical (unpaired) electrons. The summed E-state index contributed by atoms with van der Waals surface area (Å²) in [6.07, 6.45) is -0.835. The predicted octanol–water partition coefficient (Wildman–Crippen LogP) is 7.77. The second-order valence-corrected chi connectivity index (χ2v) is 9.83. The van der Waals surface area contributed by atoms with Crippen molar-refractivity contribution < 1.29 is 19.1 Å². The average molecular weight is 535 g/mol. The fourth-order valence-corrected chi connectivity index (χ4v) is 5.21. The molecule has 1 amide bonds. The Morgan fingerprint density at radius 3 is 2.41 bits per heavy atom. The molecule has 1 heterocycles. The van der Waals surface area contributed by atoms with E-state index in [0.717, 1.165) is 38.3 Å². The summed E-state index contributed by atoms with van der Waals surface area (Å²) in [5, 5.41) is 3.41. The molecule has 1 aromatic heterocycles. The number of halogens is 1. The monoisotopic (exact) mass is 534 g/mol. The summed E-state index contributed by atoms with van der Waals surface area (Å²) in [6, 6.07) is 21.3. The Labute approximate surface area is 225 Å². The highest BCUT2D eigenvalue weighted by Gasteiger charge is 2.19. The van der Waals surface area contributed by atoms with E-state index in [1.807, 2.05) is 74.5 Å². The zero-order valence-corrected chi connectivity index (χ0v) is 22.6. The molecule has 37 heavy (non-hydrogen) atoms. The minimum atomic E-state index is -0.573. The summed E-state index contributed by atoms with van der Waals surface area (Å²) in [5.41, 5.74) is 7.12. The fourth-order valence-electron chi connectivity index (χ4n) is 4.07. The number of methoxy groups -OCH3 is 1. The molecule has 0 aliphatic rings. The summed E-state index contributed by atoms with van der Waals surface area (Å²) < 4.78 is 14.8. The van der Waals surface area contributed by atoms with Crippen molar-refractivity contribution in [1.29, 1.82) is 0 Å². The minimum Gasteiger partial charge on any atom is -0.469 e. The minimum absolute atomic E-state index is 0.247. The maximum Gasteiger partial charge on any atom is 0.412 e. The molecule has 4 rings (SSSR count). The van der Waals surface area contributed by atoms with Crippen LogP contribution in [0.4, 0.5) is 10.5 Å². The molecule has 1 atom stereocenters. The van der Waals surface area contributed by atoms with E-state index in [4.69, 9.17) is 21.1 Å². The number of anilines is 1. The smallest absolute Gasteiger partial charge is 0.412 e. The Morgan fingerprint density at radius 1 is 1.03 bits per heavy atom. The van der Waals surface area contributed by atoms with Gasteiger partial charge in [0.05, 0.1) is 29.8 Å². The van der Waals surface area contributed by atoms with E-state index in [9.17, 15) is 9.59 Å². The molecule has 1 unspecified atom stereocenters. The van der Waals surface area contributed by atoms with Gasteiger partial charge in [0.15, 0.2) is 0 Å². The molecule has 0 aliphatic heterocycles. The summed E-state index contributed by atoms with van der Waals surface area (Å²) >= 11 is 7.56. The number of benzene rings is 3. The molecule has 0 spiro atoms. The quantitative estimate of drug-likeness (QED) is 0.245. The Morgan fingerprint density at radius 2 is 1.73 bits per heavy atom. The van der Waals surface area contributed by atoms with E-state index in [1.165, 1.54) is 18.6 Å². The number of aryl methyl sites for hydroxylation is 2. The SMILES string of the molecule is COC(=O)Cc1ccc(-c2ccc(-c3snc(C)c3NC(=O)OC(C)c3ccccc3Cl)cc2)c(C)c1. The van der Waals surface area contributed by atoms with Gasteiger partial charge in [-0.3, -0.25) is 10.1 Å². The number of hydrogen-bond acceptors (Lipinski definition) is 6. The number of aromatic nitrogens is 1. The van der Waals surface area contributed by atoms with Crippen LogP contribution in [0.2, 0.25) is 5.02 Å². The van der Waals surface area contributed by atoms with Crippen molar-refractivity contribution in [2.75, 3.05) is 12.4 Å². The van der Waals surface area contributed by atoms with Crippen molar-refractivity contribution in [2.24, 2.45) is 0 Å². The molecule has 3 aromatic carbocycles. The Bertz CT molecular complexity index is 1430. The molecule has 0 saturated carbocycles. The van der Waals surface area contributed by atoms with E-state index in [2.05, 4.69) is 9.69 Å². The predicted molar refractivity (Wildman–Crippen MR) is 148 cm³/mol. The molecule has 0 fully saturated rings. The highest BCUT2D eigenvalue weighted by atomic mass is 35.5. The molecular formula is C29H27ClN2O4S. The van der Waals surface area contributed by atoms with E-state index in [1.54, 1.807) is 13.0 Å². The van der Waals surface area contributed by atoms with Gasteiger partial charge in [-0.05, 0) is 66.2 Å². The Balaban J connectivity index is 1.50. The maximum absolute atomic E-state index is 12.7. The van der Waals surface area contributed by atoms with Crippen LogP contribution in [0.3, 0.4) is 0 Å². The van der Waals surface area contributed by atoms with Crippen molar-refractivity contribution in [1.82, 2.24) is 4.37 Å². The van der Waals surface area contributed by atoms with E-state index < -0.39 is 12.2 Å². The summed E-state index contributed by atoms with van der Waals surface area (Å²) in [4.78, 5) is 25.1. The second kappa shape index (κ2) is 11.6. The number of carbonyl (C=O) groups is 2. The van der Waals surface area contributed by atoms with E-state index in [-0.39, 0.29) is 12.4 Å². The highest BCUT2D eigenvalue weighted by Crippen LogP contribution is 2.37. The molecule has 0 aliphatic carbocycles. The number of esters is 1. The van der Waals surface area contributed by atoms with Crippen molar-refractivity contribution in [2.45, 2.75) is 33.3 Å². The molecule has 6 nitrogen and oxygen atoms in total. The molecular weight excluding hydrogens is 508 g/mol. The standard InChI is InChI=1S/C29H27ClN2O4S/c1-17-15-20(16-26(33)35-4)9-14-23(17)21-10-12-22(13-11-21)28-27(18(2)32-37-28)31-29(34)36-19(3)24-7-5-6-8-25(24)30/h5-15,19H,16H2,1-4H3,(H,31,34). The molecule has 8 heteroatoms. The average Bonchev–Trinajstić information content (AvgIpc) is 3.24. The summed E-state index contributed by atoms with van der Waals surface area (Å²) in [5.74, 6) is -0.261. The van der Waals surface area contributed by atoms with Crippen LogP contribution in [0.5, 0.6) is 0 Å². The van der Waals surface area contributed by atoms with Crippen molar-refractivity contribution in [3.8, 4) is 21.6 Å². The van der Waals surface area contributed by atoms with Crippen molar-refractivity contribution >= 4 is 40.9 Å². The van der Waals surface area contributed by atoms with Gasteiger partial charge in [0.25, 0.3) is 0 Å². The summed E-state index contributed by atoms with van der Waals surface area (Å²) in [6.45, 7) is 5.65. The van der Waals surface area contributed by atoms with Gasteiger partial charge in [-0.25, -0.2) is 4.79 Å². The molecule has 0 bridgehead atoms. The molecule has 190 valence electrons. The van der Waals surface area contributed by atoms with Crippen LogP contribution in [0.15, 0.2) is 66.7 Å². The number of hydrogen-bond donors (Lipinski definition) is 1. The number of rotatable bonds is 7. The topological polar surface area (TPSA) is 77.5 Å². The number of amides is 1. The first-order valence-corrected chi connectivity index (χ1v) is 12.9. The molecule has 4 aromatic rings. The Kier molecular flexibility index (Phi) is 8.26. The fraction of sp³-hybridized carbons (Fsp3) is 0.207. The number of carbonyl (C=O) groups excluding carboxylic acids is 2. The first kappa shape index (κ1) is 26.4. The number of nitrogens with one attached hydrogen (secondary N) is 1. The highest BCUT2D eigenvalue weighted by molar-refractivity contribution is 7.10. The maximum atomic E-state index is 12.7. The lowest BCUT2D eigenvalue weighted by Gasteiger charge is -2.16. The van der Waals surface area contributed by atoms with Gasteiger partial charge in [-0.15, -0.1) is 0 Å². The van der Waals surface area contributed by atoms with Crippen molar-refractivity contribution in [3.05, 3.63) is 94.1 Å². The van der Waals surface area contributed by atoms with Gasteiger partial charge in [0.1, 0.15) is 6.10 Å². The van der Waals surface area contributed by atoms with Gasteiger partial charge < -0.3 is 9.47 Å². The second-order valence-electron chi connectivity index (χ2n) is 8.65. The van der Waals surface area contributed by atoms with Gasteiger partial charge in [-0.2, -0.15) is 4.37 Å². The summed E-state index contributed by atoms with van der Waals surface area (Å²) in [7, 11) is 1.39. The zero-order chi connectivity index (χ0) is 26.5. The zero-order valence-electron chi connectivity index (χ0n) is 21.0. The first-order chi connectivity index (χ1) is 17.8. The third-order valence-electron chi connectivity index (χ3n) is 6.04. The van der Waals surface area contributed by atoms with Crippen LogP contribution in [-0.4, -0.2) is 23.5 Å². The molecule has 1 N–H and O–H groups in total. The Hall–Kier alpha value is -3.68. The van der Waals surface area contributed by atoms with Crippen LogP contribution in [0.25, 0.3) is 21.6 Å². The van der Waals surface area contributed by atoms with Crippen LogP contribution < -0.4 is 5.32 Å². The molecule has 0 saturated heterocycles. The van der Waals surface area contributed by atoms with Crippen LogP contribution in [-0.2, 0) is 20.7 Å². The van der Waals surface area contributed by atoms with Crippen LogP contribution in [0.1, 0.15) is 35.4 Å². The first-order valence-electron chi connectivity index (χ1n) is 11.7. The van der Waals surface area contributed by atoms with Gasteiger partial charge in [-0.1, -0.05) is 72.3 Å². The lowest BCUT2D eigenvalue weighted by atomic mass is 9.96. The van der Waals surface area contributed by atoms with Crippen LogP contribution >= 0.6 is 23.1 Å². The van der Waals surface area contributed by atoms with Gasteiger partial charge >= 0.3 is 12.1 Å². The third-order valence-corrected chi connectivity index (χ3v) is 7.37. The largest absolute Gasteiger partial charge is 0.469 e. The van der Waals surface area contributed by atoms with Gasteiger partial charge in [0.2, 0.25) is 0 Å². The number of nitrogens with zero attached hydrogens (tertiary/aromatic N) is 1. The van der Waals surface area contributed by atoms with Crippen molar-refractivity contribution in [3.63, 3.8) is 0 Å². The lowest BCUT2D eigenvalue weighted by Crippen LogP contribution is -2.16. The van der Waals surface area contributed by atoms with Crippen LogP contribution in [0, 0.1) is 13.8 Å². The normalized spacial score (nSPS) is 11.6. The third kappa shape index (κ3) is 6.18. The van der Waals surface area contributed by atoms with Gasteiger partial charge in [0, 0.05) is 10.6 Å². The number of ether oxygens (including phenoxy) is 2.